The summed E-state index contributed by atoms with van der Waals surface area (Å²) in [5.41, 5.74) is 2.62. The molecule has 13 heteroatoms. The van der Waals surface area contributed by atoms with Crippen molar-refractivity contribution in [1.82, 2.24) is 10.3 Å². The molecule has 1 heterocycles. The van der Waals surface area contributed by atoms with Gasteiger partial charge in [0.25, 0.3) is 17.5 Å². The first kappa shape index (κ1) is 34.5. The maximum Gasteiger partial charge on any atom is 0.272 e. The molecule has 5 aromatic rings. The Morgan fingerprint density at radius 1 is 0.959 bits per heavy atom. The molecule has 0 aliphatic rings. The van der Waals surface area contributed by atoms with Crippen LogP contribution in [0.1, 0.15) is 29.3 Å². The lowest BCUT2D eigenvalue weighted by atomic mass is 10.1. The topological polar surface area (TPSA) is 153 Å². The van der Waals surface area contributed by atoms with E-state index in [9.17, 15) is 24.5 Å². The summed E-state index contributed by atoms with van der Waals surface area (Å²) in [5.74, 6) is -0.628. The molecule has 11 nitrogen and oxygen atoms in total. The molecule has 4 aromatic carbocycles. The standard InChI is InChI=1S/C36H31N5O6S2/c1-3-32(35(44)40-36-39-30(22-48-36)28-14-7-8-15-31(28)47-2)49-27-13-9-12-25(21-27)37-34(43)29(38-33(42)24-10-5-4-6-11-24)20-23-16-18-26(19-17-23)41(45)46/h4-22,32H,3H2,1-2H3,(H,37,43)(H,38,42)(H,39,40,44)/b29-20+. The van der Waals surface area contributed by atoms with Gasteiger partial charge in [-0.25, -0.2) is 4.98 Å². The molecule has 1 unspecified atom stereocenters. The van der Waals surface area contributed by atoms with Gasteiger partial charge in [0, 0.05) is 39.2 Å². The molecule has 0 saturated carbocycles. The molecular formula is C36H31N5O6S2. The van der Waals surface area contributed by atoms with Gasteiger partial charge in [-0.2, -0.15) is 0 Å². The SMILES string of the molecule is CCC(Sc1cccc(NC(=O)/C(=C\c2ccc([N+](=O)[O-])cc2)NC(=O)c2ccccc2)c1)C(=O)Nc1nc(-c2ccccc2OC)cs1. The monoisotopic (exact) mass is 693 g/mol. The number of benzene rings is 4. The normalized spacial score (nSPS) is 11.7. The second kappa shape index (κ2) is 16.4. The number of aromatic nitrogens is 1. The van der Waals surface area contributed by atoms with Crippen molar-refractivity contribution in [3.8, 4) is 17.0 Å². The van der Waals surface area contributed by atoms with Gasteiger partial charge in [-0.15, -0.1) is 23.1 Å². The van der Waals surface area contributed by atoms with E-state index in [-0.39, 0.29) is 17.3 Å². The maximum absolute atomic E-state index is 13.5. The van der Waals surface area contributed by atoms with Crippen molar-refractivity contribution in [2.24, 2.45) is 0 Å². The van der Waals surface area contributed by atoms with Crippen LogP contribution in [0.3, 0.4) is 0 Å². The van der Waals surface area contributed by atoms with Crippen molar-refractivity contribution >= 4 is 63.4 Å². The molecule has 1 aromatic heterocycles. The first-order valence-corrected chi connectivity index (χ1v) is 16.8. The summed E-state index contributed by atoms with van der Waals surface area (Å²) >= 11 is 2.67. The lowest BCUT2D eigenvalue weighted by Gasteiger charge is -2.15. The van der Waals surface area contributed by atoms with Crippen molar-refractivity contribution in [1.29, 1.82) is 0 Å². The van der Waals surface area contributed by atoms with E-state index < -0.39 is 22.0 Å². The Kier molecular flexibility index (Phi) is 11.5. The molecule has 0 fully saturated rings. The third-order valence-corrected chi connectivity index (χ3v) is 9.21. The van der Waals surface area contributed by atoms with Crippen LogP contribution in [0, 0.1) is 10.1 Å². The molecule has 0 aliphatic carbocycles. The highest BCUT2D eigenvalue weighted by molar-refractivity contribution is 8.00. The fourth-order valence-corrected chi connectivity index (χ4v) is 6.36. The number of carbonyl (C=O) groups excluding carboxylic acids is 3. The van der Waals surface area contributed by atoms with Crippen LogP contribution < -0.4 is 20.7 Å². The van der Waals surface area contributed by atoms with Gasteiger partial charge >= 0.3 is 0 Å². The number of nitrogens with one attached hydrogen (secondary N) is 3. The molecule has 1 atom stereocenters. The first-order chi connectivity index (χ1) is 23.7. The van der Waals surface area contributed by atoms with Crippen molar-refractivity contribution in [3.05, 3.63) is 135 Å². The van der Waals surface area contributed by atoms with Crippen LogP contribution in [0.2, 0.25) is 0 Å². The Balaban J connectivity index is 1.29. The number of nitrogens with zero attached hydrogens (tertiary/aromatic N) is 2. The molecule has 49 heavy (non-hydrogen) atoms. The number of thioether (sulfide) groups is 1. The molecule has 5 rings (SSSR count). The van der Waals surface area contributed by atoms with E-state index in [2.05, 4.69) is 20.9 Å². The predicted molar refractivity (Wildman–Crippen MR) is 193 cm³/mol. The minimum atomic E-state index is -0.607. The van der Waals surface area contributed by atoms with Gasteiger partial charge in [0.05, 0.1) is 23.0 Å². The van der Waals surface area contributed by atoms with E-state index in [1.54, 1.807) is 55.6 Å². The molecular weight excluding hydrogens is 663 g/mol. The van der Waals surface area contributed by atoms with Crippen LogP contribution in [-0.2, 0) is 9.59 Å². The highest BCUT2D eigenvalue weighted by atomic mass is 32.2. The number of methoxy groups -OCH3 is 1. The molecule has 248 valence electrons. The van der Waals surface area contributed by atoms with Gasteiger partial charge in [-0.05, 0) is 72.7 Å². The second-order valence-corrected chi connectivity index (χ2v) is 12.6. The van der Waals surface area contributed by atoms with Crippen LogP contribution in [-0.4, -0.2) is 40.0 Å². The average Bonchev–Trinajstić information content (AvgIpc) is 3.59. The summed E-state index contributed by atoms with van der Waals surface area (Å²) in [4.78, 5) is 55.7. The van der Waals surface area contributed by atoms with Crippen molar-refractivity contribution in [2.45, 2.75) is 23.5 Å². The number of anilines is 2. The Bertz CT molecular complexity index is 2000. The van der Waals surface area contributed by atoms with E-state index in [1.807, 2.05) is 42.6 Å². The summed E-state index contributed by atoms with van der Waals surface area (Å²) in [6.07, 6.45) is 1.97. The van der Waals surface area contributed by atoms with Crippen molar-refractivity contribution < 1.29 is 24.0 Å². The Morgan fingerprint density at radius 3 is 2.41 bits per heavy atom. The van der Waals surface area contributed by atoms with Gasteiger partial charge in [0.2, 0.25) is 5.91 Å². The van der Waals surface area contributed by atoms with Crippen LogP contribution in [0.25, 0.3) is 17.3 Å². The minimum Gasteiger partial charge on any atom is -0.496 e. The summed E-state index contributed by atoms with van der Waals surface area (Å²) in [7, 11) is 1.60. The summed E-state index contributed by atoms with van der Waals surface area (Å²) in [6.45, 7) is 1.91. The Hall–Kier alpha value is -5.79. The van der Waals surface area contributed by atoms with Crippen molar-refractivity contribution in [3.63, 3.8) is 0 Å². The van der Waals surface area contributed by atoms with E-state index in [1.165, 1.54) is 53.4 Å². The Labute approximate surface area is 290 Å². The fourth-order valence-electron chi connectivity index (χ4n) is 4.63. The van der Waals surface area contributed by atoms with Crippen molar-refractivity contribution in [2.75, 3.05) is 17.7 Å². The molecule has 0 saturated heterocycles. The number of carbonyl (C=O) groups is 3. The number of non-ortho nitro benzene ring substituents is 1. The van der Waals surface area contributed by atoms with E-state index >= 15 is 0 Å². The highest BCUT2D eigenvalue weighted by Crippen LogP contribution is 2.33. The van der Waals surface area contributed by atoms with Gasteiger partial charge in [0.1, 0.15) is 11.4 Å². The number of nitro groups is 1. The third kappa shape index (κ3) is 9.18. The largest absolute Gasteiger partial charge is 0.496 e. The molecule has 0 bridgehead atoms. The molecule has 0 radical (unpaired) electrons. The summed E-state index contributed by atoms with van der Waals surface area (Å²) < 4.78 is 5.44. The van der Waals surface area contributed by atoms with Crippen LogP contribution in [0.5, 0.6) is 5.75 Å². The maximum atomic E-state index is 13.5. The average molecular weight is 694 g/mol. The van der Waals surface area contributed by atoms with E-state index in [4.69, 9.17) is 4.74 Å². The molecule has 0 aliphatic heterocycles. The second-order valence-electron chi connectivity index (χ2n) is 10.5. The zero-order valence-corrected chi connectivity index (χ0v) is 28.0. The quantitative estimate of drug-likeness (QED) is 0.0492. The molecule has 3 amide bonds. The number of thiazole rings is 1. The van der Waals surface area contributed by atoms with Gasteiger partial charge in [-0.3, -0.25) is 24.5 Å². The third-order valence-electron chi connectivity index (χ3n) is 7.09. The Morgan fingerprint density at radius 2 is 1.69 bits per heavy atom. The number of hydrogen-bond donors (Lipinski definition) is 3. The number of para-hydroxylation sites is 1. The zero-order valence-electron chi connectivity index (χ0n) is 26.4. The lowest BCUT2D eigenvalue weighted by molar-refractivity contribution is -0.384. The number of hydrogen-bond acceptors (Lipinski definition) is 9. The van der Waals surface area contributed by atoms with Gasteiger partial charge < -0.3 is 20.7 Å². The van der Waals surface area contributed by atoms with Crippen LogP contribution in [0.15, 0.2) is 119 Å². The number of nitro benzene ring substituents is 1. The smallest absolute Gasteiger partial charge is 0.272 e. The molecule has 3 N–H and O–H groups in total. The highest BCUT2D eigenvalue weighted by Gasteiger charge is 2.21. The van der Waals surface area contributed by atoms with Crippen LogP contribution in [0.4, 0.5) is 16.5 Å². The predicted octanol–water partition coefficient (Wildman–Crippen LogP) is 7.65. The fraction of sp³-hybridized carbons (Fsp3) is 0.111. The zero-order chi connectivity index (χ0) is 34.8. The summed E-state index contributed by atoms with van der Waals surface area (Å²) in [6, 6.07) is 28.6. The first-order valence-electron chi connectivity index (χ1n) is 15.0. The summed E-state index contributed by atoms with van der Waals surface area (Å²) in [5, 5.41) is 21.4. The number of rotatable bonds is 13. The molecule has 0 spiro atoms. The van der Waals surface area contributed by atoms with E-state index in [0.717, 1.165) is 10.5 Å². The lowest BCUT2D eigenvalue weighted by Crippen LogP contribution is -2.30. The van der Waals surface area contributed by atoms with Gasteiger partial charge in [-0.1, -0.05) is 43.3 Å². The van der Waals surface area contributed by atoms with E-state index in [0.29, 0.717) is 39.8 Å². The number of ether oxygens (including phenoxy) is 1. The minimum absolute atomic E-state index is 0.0671. The van der Waals surface area contributed by atoms with Gasteiger partial charge in [0.15, 0.2) is 5.13 Å². The van der Waals surface area contributed by atoms with Crippen LogP contribution >= 0.6 is 23.1 Å². The number of amides is 3.